The second-order valence-electron chi connectivity index (χ2n) is 5.23. The summed E-state index contributed by atoms with van der Waals surface area (Å²) in [7, 11) is 0. The third-order valence-electron chi connectivity index (χ3n) is 3.67. The number of carbonyl (C=O) groups is 1. The molecule has 1 atom stereocenters. The Kier molecular flexibility index (Phi) is 6.76. The lowest BCUT2D eigenvalue weighted by atomic mass is 10.0. The zero-order chi connectivity index (χ0) is 15.1. The Morgan fingerprint density at radius 3 is 3.05 bits per heavy atom. The Morgan fingerprint density at radius 2 is 2.29 bits per heavy atom. The quantitative estimate of drug-likeness (QED) is 0.779. The molecule has 1 aromatic heterocycles. The number of anilines is 1. The molecule has 0 saturated carbocycles. The van der Waals surface area contributed by atoms with Crippen molar-refractivity contribution in [2.75, 3.05) is 24.2 Å². The number of rotatable bonds is 7. The molecule has 0 radical (unpaired) electrons. The molecule has 0 aliphatic carbocycles. The summed E-state index contributed by atoms with van der Waals surface area (Å²) in [5.74, 6) is 0.712. The van der Waals surface area contributed by atoms with Crippen LogP contribution in [0.15, 0.2) is 4.34 Å². The van der Waals surface area contributed by atoms with Crippen LogP contribution in [0.1, 0.15) is 46.0 Å². The van der Waals surface area contributed by atoms with Crippen LogP contribution in [-0.4, -0.2) is 45.9 Å². The number of amides is 1. The van der Waals surface area contributed by atoms with Crippen molar-refractivity contribution in [1.29, 1.82) is 0 Å². The smallest absolute Gasteiger partial charge is 0.233 e. The van der Waals surface area contributed by atoms with E-state index in [9.17, 15) is 4.79 Å². The maximum absolute atomic E-state index is 12.4. The number of thioether (sulfide) groups is 1. The molecule has 2 heterocycles. The van der Waals surface area contributed by atoms with Crippen LogP contribution in [0.25, 0.3) is 0 Å². The summed E-state index contributed by atoms with van der Waals surface area (Å²) < 4.78 is 0.868. The zero-order valence-corrected chi connectivity index (χ0v) is 14.4. The van der Waals surface area contributed by atoms with Gasteiger partial charge >= 0.3 is 0 Å². The average molecular weight is 329 g/mol. The maximum Gasteiger partial charge on any atom is 0.233 e. The summed E-state index contributed by atoms with van der Waals surface area (Å²) in [6.45, 7) is 6.10. The Morgan fingerprint density at radius 1 is 1.43 bits per heavy atom. The minimum absolute atomic E-state index is 0.241. The molecule has 118 valence electrons. The van der Waals surface area contributed by atoms with Crippen LogP contribution in [0.3, 0.4) is 0 Å². The van der Waals surface area contributed by atoms with Gasteiger partial charge in [0.2, 0.25) is 11.0 Å². The fraction of sp³-hybridized carbons (Fsp3) is 0.786. The molecule has 1 fully saturated rings. The van der Waals surface area contributed by atoms with Crippen molar-refractivity contribution in [3.8, 4) is 0 Å². The van der Waals surface area contributed by atoms with E-state index in [1.807, 2.05) is 0 Å². The van der Waals surface area contributed by atoms with E-state index in [0.717, 1.165) is 48.2 Å². The van der Waals surface area contributed by atoms with Gasteiger partial charge < -0.3 is 10.2 Å². The van der Waals surface area contributed by atoms with Crippen molar-refractivity contribution in [3.05, 3.63) is 0 Å². The summed E-state index contributed by atoms with van der Waals surface area (Å²) >= 11 is 3.03. The fourth-order valence-corrected chi connectivity index (χ4v) is 4.19. The van der Waals surface area contributed by atoms with Crippen LogP contribution in [0.2, 0.25) is 0 Å². The molecule has 1 aliphatic heterocycles. The first kappa shape index (κ1) is 16.5. The van der Waals surface area contributed by atoms with Crippen molar-refractivity contribution >= 4 is 34.1 Å². The van der Waals surface area contributed by atoms with Crippen molar-refractivity contribution in [2.45, 2.75) is 56.3 Å². The number of likely N-dealkylation sites (tertiary alicyclic amines) is 1. The van der Waals surface area contributed by atoms with Crippen molar-refractivity contribution < 1.29 is 4.79 Å². The van der Waals surface area contributed by atoms with Gasteiger partial charge in [-0.1, -0.05) is 36.9 Å². The van der Waals surface area contributed by atoms with Crippen LogP contribution in [0.5, 0.6) is 0 Å². The first-order chi connectivity index (χ1) is 10.2. The fourth-order valence-electron chi connectivity index (χ4n) is 2.53. The van der Waals surface area contributed by atoms with Crippen molar-refractivity contribution in [1.82, 2.24) is 15.1 Å². The van der Waals surface area contributed by atoms with Gasteiger partial charge in [-0.15, -0.1) is 10.2 Å². The number of aromatic nitrogens is 2. The zero-order valence-electron chi connectivity index (χ0n) is 12.8. The molecule has 1 N–H and O–H groups in total. The molecule has 1 aliphatic rings. The number of piperidine rings is 1. The lowest BCUT2D eigenvalue weighted by Gasteiger charge is -2.35. The number of nitrogens with one attached hydrogen (secondary N) is 1. The van der Waals surface area contributed by atoms with Crippen LogP contribution in [-0.2, 0) is 4.79 Å². The summed E-state index contributed by atoms with van der Waals surface area (Å²) in [5, 5.41) is 12.3. The molecule has 0 bridgehead atoms. The topological polar surface area (TPSA) is 58.1 Å². The van der Waals surface area contributed by atoms with Gasteiger partial charge in [-0.05, 0) is 32.1 Å². The lowest BCUT2D eigenvalue weighted by Crippen LogP contribution is -2.44. The average Bonchev–Trinajstić information content (AvgIpc) is 2.98. The third-order valence-corrected chi connectivity index (χ3v) is 5.67. The van der Waals surface area contributed by atoms with E-state index in [1.165, 1.54) is 29.5 Å². The first-order valence-corrected chi connectivity index (χ1v) is 9.54. The highest BCUT2D eigenvalue weighted by Crippen LogP contribution is 2.27. The second-order valence-corrected chi connectivity index (χ2v) is 7.43. The standard InChI is InChI=1S/C14H24N4OS2/c1-3-8-15-13-16-17-14(21-13)20-10-12(19)18-9-6-5-7-11(18)4-2/h11H,3-10H2,1-2H3,(H,15,16)/t11-/m0/s1. The van der Waals surface area contributed by atoms with Crippen LogP contribution >= 0.6 is 23.1 Å². The van der Waals surface area contributed by atoms with Crippen molar-refractivity contribution in [3.63, 3.8) is 0 Å². The van der Waals surface area contributed by atoms with Crippen LogP contribution in [0, 0.1) is 0 Å². The second kappa shape index (κ2) is 8.58. The maximum atomic E-state index is 12.4. The molecule has 1 saturated heterocycles. The number of carbonyl (C=O) groups excluding carboxylic acids is 1. The Balaban J connectivity index is 1.81. The van der Waals surface area contributed by atoms with E-state index in [1.54, 1.807) is 0 Å². The van der Waals surface area contributed by atoms with Gasteiger partial charge in [0.25, 0.3) is 0 Å². The van der Waals surface area contributed by atoms with Gasteiger partial charge in [0.1, 0.15) is 0 Å². The Bertz CT molecular complexity index is 452. The highest BCUT2D eigenvalue weighted by Gasteiger charge is 2.25. The minimum Gasteiger partial charge on any atom is -0.360 e. The van der Waals surface area contributed by atoms with Gasteiger partial charge in [-0.25, -0.2) is 0 Å². The molecular formula is C14H24N4OS2. The number of hydrogen-bond donors (Lipinski definition) is 1. The molecule has 0 aromatic carbocycles. The van der Waals surface area contributed by atoms with Gasteiger partial charge in [0.05, 0.1) is 5.75 Å². The summed E-state index contributed by atoms with van der Waals surface area (Å²) in [6.07, 6.45) is 5.65. The molecule has 7 heteroatoms. The lowest BCUT2D eigenvalue weighted by molar-refractivity contribution is -0.132. The number of hydrogen-bond acceptors (Lipinski definition) is 6. The number of nitrogens with zero attached hydrogens (tertiary/aromatic N) is 3. The van der Waals surface area contributed by atoms with E-state index < -0.39 is 0 Å². The summed E-state index contributed by atoms with van der Waals surface area (Å²) in [5.41, 5.74) is 0. The molecule has 5 nitrogen and oxygen atoms in total. The molecule has 0 spiro atoms. The third kappa shape index (κ3) is 4.85. The van der Waals surface area contributed by atoms with Gasteiger partial charge in [-0.3, -0.25) is 4.79 Å². The molecule has 2 rings (SSSR count). The van der Waals surface area contributed by atoms with Gasteiger partial charge in [0.15, 0.2) is 4.34 Å². The van der Waals surface area contributed by atoms with E-state index in [0.29, 0.717) is 11.8 Å². The molecule has 21 heavy (non-hydrogen) atoms. The molecule has 1 aromatic rings. The Hall–Kier alpha value is -0.820. The highest BCUT2D eigenvalue weighted by molar-refractivity contribution is 8.01. The van der Waals surface area contributed by atoms with Gasteiger partial charge in [0, 0.05) is 19.1 Å². The largest absolute Gasteiger partial charge is 0.360 e. The SMILES string of the molecule is CCCNc1nnc(SCC(=O)N2CCCC[C@@H]2CC)s1. The Labute approximate surface area is 134 Å². The van der Waals surface area contributed by atoms with Crippen LogP contribution in [0.4, 0.5) is 5.13 Å². The van der Waals surface area contributed by atoms with Crippen LogP contribution < -0.4 is 5.32 Å². The van der Waals surface area contributed by atoms with E-state index in [2.05, 4.69) is 34.3 Å². The monoisotopic (exact) mass is 328 g/mol. The minimum atomic E-state index is 0.241. The summed E-state index contributed by atoms with van der Waals surface area (Å²) in [4.78, 5) is 14.4. The highest BCUT2D eigenvalue weighted by atomic mass is 32.2. The predicted molar refractivity (Wildman–Crippen MR) is 89.1 cm³/mol. The van der Waals surface area contributed by atoms with E-state index in [4.69, 9.17) is 0 Å². The molecular weight excluding hydrogens is 304 g/mol. The normalized spacial score (nSPS) is 18.8. The van der Waals surface area contributed by atoms with Crippen molar-refractivity contribution in [2.24, 2.45) is 0 Å². The van der Waals surface area contributed by atoms with E-state index >= 15 is 0 Å². The predicted octanol–water partition coefficient (Wildman–Crippen LogP) is 3.24. The molecule has 0 unspecified atom stereocenters. The first-order valence-electron chi connectivity index (χ1n) is 7.74. The van der Waals surface area contributed by atoms with Gasteiger partial charge in [-0.2, -0.15) is 0 Å². The van der Waals surface area contributed by atoms with E-state index in [-0.39, 0.29) is 5.91 Å². The summed E-state index contributed by atoms with van der Waals surface area (Å²) in [6, 6.07) is 0.433. The molecule has 1 amide bonds.